The Morgan fingerprint density at radius 1 is 0.750 bits per heavy atom. The first-order valence-corrected chi connectivity index (χ1v) is 18.4. The van der Waals surface area contributed by atoms with Gasteiger partial charge in [0.2, 0.25) is 0 Å². The number of amides is 1. The fourth-order valence-electron chi connectivity index (χ4n) is 6.51. The van der Waals surface area contributed by atoms with Crippen LogP contribution in [0.1, 0.15) is 57.4 Å². The van der Waals surface area contributed by atoms with Crippen LogP contribution in [-0.4, -0.2) is 96.1 Å². The van der Waals surface area contributed by atoms with E-state index in [9.17, 15) is 33.5 Å². The Balaban J connectivity index is 0.000000279. The number of halogens is 2. The minimum Gasteiger partial charge on any atom is -0.459 e. The molecule has 0 aliphatic carbocycles. The summed E-state index contributed by atoms with van der Waals surface area (Å²) in [6, 6.07) is 27.1. The molecule has 5 N–H and O–H groups in total. The van der Waals surface area contributed by atoms with Crippen LogP contribution in [0.4, 0.5) is 20.4 Å². The van der Waals surface area contributed by atoms with Gasteiger partial charge in [0.05, 0.1) is 17.7 Å². The van der Waals surface area contributed by atoms with Gasteiger partial charge in [0.15, 0.2) is 29.9 Å². The molecule has 5 aromatic rings. The summed E-state index contributed by atoms with van der Waals surface area (Å²) in [7, 11) is 0. The molecule has 0 spiro atoms. The number of carbonyl (C=O) groups is 3. The van der Waals surface area contributed by atoms with Crippen molar-refractivity contribution in [3.05, 3.63) is 153 Å². The van der Waals surface area contributed by atoms with Crippen molar-refractivity contribution in [2.75, 3.05) is 24.3 Å². The van der Waals surface area contributed by atoms with E-state index in [1.165, 1.54) is 36.7 Å². The average molecular weight is 831 g/mol. The van der Waals surface area contributed by atoms with E-state index < -0.39 is 90.6 Å². The topological polar surface area (TPSA) is 236 Å². The second-order valence-electron chi connectivity index (χ2n) is 14.0. The van der Waals surface area contributed by atoms with Crippen molar-refractivity contribution in [1.82, 2.24) is 19.1 Å². The molecule has 60 heavy (non-hydrogen) atoms. The predicted molar refractivity (Wildman–Crippen MR) is 208 cm³/mol. The maximum Gasteiger partial charge on any atom is 0.351 e. The van der Waals surface area contributed by atoms with E-state index in [4.69, 9.17) is 29.8 Å². The van der Waals surface area contributed by atoms with E-state index in [1.54, 1.807) is 78.9 Å². The van der Waals surface area contributed by atoms with Gasteiger partial charge in [-0.15, -0.1) is 0 Å². The lowest BCUT2D eigenvalue weighted by atomic mass is 9.98. The van der Waals surface area contributed by atoms with E-state index in [2.05, 4.69) is 15.3 Å². The van der Waals surface area contributed by atoms with E-state index in [-0.39, 0.29) is 22.8 Å². The fraction of sp³-hybridized carbons (Fsp3) is 0.293. The largest absolute Gasteiger partial charge is 0.459 e. The zero-order chi connectivity index (χ0) is 43.2. The van der Waals surface area contributed by atoms with Gasteiger partial charge in [0.1, 0.15) is 36.6 Å². The second-order valence-corrected chi connectivity index (χ2v) is 14.0. The van der Waals surface area contributed by atoms with Crippen LogP contribution in [0.3, 0.4) is 0 Å². The zero-order valence-electron chi connectivity index (χ0n) is 32.0. The highest BCUT2D eigenvalue weighted by atomic mass is 19.1. The van der Waals surface area contributed by atoms with Gasteiger partial charge in [0.25, 0.3) is 5.91 Å². The summed E-state index contributed by atoms with van der Waals surface area (Å²) in [5.41, 5.74) is -0.263. The molecule has 314 valence electrons. The Morgan fingerprint density at radius 2 is 1.25 bits per heavy atom. The first-order valence-electron chi connectivity index (χ1n) is 18.4. The van der Waals surface area contributed by atoms with Gasteiger partial charge in [-0.25, -0.2) is 28.0 Å². The van der Waals surface area contributed by atoms with Crippen molar-refractivity contribution in [1.29, 1.82) is 0 Å². The third-order valence-electron chi connectivity index (χ3n) is 9.67. The number of aromatic nitrogens is 4. The molecule has 19 heteroatoms. The van der Waals surface area contributed by atoms with Crippen molar-refractivity contribution in [3.63, 3.8) is 0 Å². The highest BCUT2D eigenvalue weighted by Crippen LogP contribution is 2.43. The molecule has 17 nitrogen and oxygen atoms in total. The molecule has 2 aliphatic rings. The van der Waals surface area contributed by atoms with Crippen LogP contribution in [0.15, 0.2) is 125 Å². The van der Waals surface area contributed by atoms with Gasteiger partial charge in [-0.2, -0.15) is 9.97 Å². The fourth-order valence-corrected chi connectivity index (χ4v) is 6.51. The molecule has 8 atom stereocenters. The third-order valence-corrected chi connectivity index (χ3v) is 9.67. The zero-order valence-corrected chi connectivity index (χ0v) is 32.0. The highest BCUT2D eigenvalue weighted by Gasteiger charge is 2.59. The number of rotatable bonds is 10. The van der Waals surface area contributed by atoms with Gasteiger partial charge in [0, 0.05) is 18.0 Å². The van der Waals surface area contributed by atoms with Gasteiger partial charge in [-0.1, -0.05) is 54.6 Å². The molecule has 0 saturated carbocycles. The van der Waals surface area contributed by atoms with Crippen molar-refractivity contribution < 1.29 is 52.3 Å². The van der Waals surface area contributed by atoms with Crippen molar-refractivity contribution in [2.45, 2.75) is 62.1 Å². The number of ether oxygens (including phenoxy) is 4. The maximum atomic E-state index is 16.5. The van der Waals surface area contributed by atoms with E-state index in [1.807, 2.05) is 0 Å². The number of aliphatic hydroxyl groups excluding tert-OH is 2. The first-order chi connectivity index (χ1) is 28.6. The van der Waals surface area contributed by atoms with Crippen molar-refractivity contribution in [2.24, 2.45) is 0 Å². The molecular formula is C41H40F2N6O11. The summed E-state index contributed by atoms with van der Waals surface area (Å²) in [4.78, 5) is 69.8. The molecule has 2 unspecified atom stereocenters. The number of aliphatic hydroxyl groups is 2. The van der Waals surface area contributed by atoms with Crippen LogP contribution in [0, 0.1) is 0 Å². The molecule has 4 heterocycles. The number of esters is 2. The molecular weight excluding hydrogens is 790 g/mol. The van der Waals surface area contributed by atoms with Crippen LogP contribution in [0.2, 0.25) is 0 Å². The first kappa shape index (κ1) is 42.9. The number of alkyl halides is 2. The minimum absolute atomic E-state index is 0.00839. The number of anilines is 2. The molecule has 3 aromatic carbocycles. The van der Waals surface area contributed by atoms with Gasteiger partial charge >= 0.3 is 23.3 Å². The smallest absolute Gasteiger partial charge is 0.351 e. The standard InChI is InChI=1S/C31H26FN3O7.C10H14FN3O4/c1-31(32)25(42-28(38)22-15-9-4-10-16-22)23(19-40-27(37)21-13-7-3-8-14-21)41-29(31)35-18-17-24(34-30(35)39)33-26(36)20-11-5-2-6-12-20;1-10(11)7(16)5(4-15)18-8(10)14-3-2-6(12)13-9(14)17/h2-18,23,25,29H,19H2,1H3,(H,33,34,36,39);2-3,5,7-8,15-16H,4H2,1H3,(H2,12,13,17)/t23-,25+,29-,31?;5-,7+,8-,10?/m11/s1. The summed E-state index contributed by atoms with van der Waals surface area (Å²) < 4.78 is 54.6. The number of nitrogens with zero attached hydrogens (tertiary/aromatic N) is 4. The molecule has 0 bridgehead atoms. The Bertz CT molecular complexity index is 2420. The minimum atomic E-state index is -2.46. The van der Waals surface area contributed by atoms with E-state index in [0.29, 0.717) is 5.56 Å². The summed E-state index contributed by atoms with van der Waals surface area (Å²) in [5, 5.41) is 21.2. The molecule has 0 radical (unpaired) electrons. The van der Waals surface area contributed by atoms with E-state index in [0.717, 1.165) is 23.0 Å². The van der Waals surface area contributed by atoms with Gasteiger partial charge in [-0.3, -0.25) is 13.9 Å². The predicted octanol–water partition coefficient (Wildman–Crippen LogP) is 3.01. The molecule has 7 rings (SSSR count). The molecule has 2 aromatic heterocycles. The summed E-state index contributed by atoms with van der Waals surface area (Å²) >= 11 is 0. The monoisotopic (exact) mass is 830 g/mol. The van der Waals surface area contributed by atoms with Gasteiger partial charge < -0.3 is 40.2 Å². The molecule has 2 fully saturated rings. The van der Waals surface area contributed by atoms with Crippen molar-refractivity contribution >= 4 is 29.5 Å². The SMILES string of the molecule is CC1(F)[C@@H](O)[C@@H](CO)O[C@H]1n1ccc(N)nc1=O.CC1(F)[C@@H](OC(=O)c2ccccc2)[C@@H](COC(=O)c2ccccc2)O[C@H]1n1ccc(NC(=O)c2ccccc2)nc1=O. The second kappa shape index (κ2) is 18.1. The number of hydrogen-bond donors (Lipinski definition) is 4. The van der Waals surface area contributed by atoms with Crippen LogP contribution in [-0.2, 0) is 18.9 Å². The normalized spacial score (nSPS) is 25.7. The number of carbonyl (C=O) groups excluding carboxylic acids is 3. The van der Waals surface area contributed by atoms with E-state index >= 15 is 4.39 Å². The van der Waals surface area contributed by atoms with Crippen molar-refractivity contribution in [3.8, 4) is 0 Å². The number of nitrogens with two attached hydrogens (primary N) is 1. The summed E-state index contributed by atoms with van der Waals surface area (Å²) in [5.74, 6) is -2.04. The lowest BCUT2D eigenvalue weighted by molar-refractivity contribution is -0.0648. The molecule has 2 saturated heterocycles. The van der Waals surface area contributed by atoms with Crippen LogP contribution in [0.5, 0.6) is 0 Å². The number of nitrogen functional groups attached to an aromatic ring is 1. The average Bonchev–Trinajstić information content (AvgIpc) is 3.63. The molecule has 2 aliphatic heterocycles. The van der Waals surface area contributed by atoms with Crippen LogP contribution >= 0.6 is 0 Å². The Kier molecular flexibility index (Phi) is 12.9. The molecule has 1 amide bonds. The quantitative estimate of drug-likeness (QED) is 0.148. The Labute approximate surface area is 339 Å². The summed E-state index contributed by atoms with van der Waals surface area (Å²) in [6.45, 7) is 1.20. The number of benzene rings is 3. The van der Waals surface area contributed by atoms with Crippen LogP contribution < -0.4 is 22.4 Å². The lowest BCUT2D eigenvalue weighted by Gasteiger charge is -2.27. The number of hydrogen-bond acceptors (Lipinski definition) is 14. The number of nitrogens with one attached hydrogen (secondary N) is 1. The Hall–Kier alpha value is -6.67. The van der Waals surface area contributed by atoms with Crippen LogP contribution in [0.25, 0.3) is 0 Å². The Morgan fingerprint density at radius 3 is 1.78 bits per heavy atom. The third kappa shape index (κ3) is 9.29. The summed E-state index contributed by atoms with van der Waals surface area (Å²) in [6.07, 6.45) is -5.97. The highest BCUT2D eigenvalue weighted by molar-refractivity contribution is 6.03. The lowest BCUT2D eigenvalue weighted by Crippen LogP contribution is -2.45. The van der Waals surface area contributed by atoms with Gasteiger partial charge in [-0.05, 0) is 62.4 Å². The maximum absolute atomic E-state index is 16.5.